The van der Waals surface area contributed by atoms with E-state index in [1.54, 1.807) is 0 Å². The van der Waals surface area contributed by atoms with Crippen molar-refractivity contribution in [1.82, 2.24) is 0 Å². The van der Waals surface area contributed by atoms with Crippen molar-refractivity contribution in [2.45, 2.75) is 6.92 Å². The number of fused-ring (bicyclic) bond motifs is 3. The summed E-state index contributed by atoms with van der Waals surface area (Å²) in [5, 5.41) is 5.14. The van der Waals surface area contributed by atoms with E-state index < -0.39 is 0 Å². The first-order chi connectivity index (χ1) is 10.8. The van der Waals surface area contributed by atoms with Crippen LogP contribution in [-0.2, 0) is 0 Å². The number of hydrogen-bond donors (Lipinski definition) is 0. The van der Waals surface area contributed by atoms with Gasteiger partial charge in [-0.05, 0) is 50.0 Å². The molecule has 0 aliphatic rings. The van der Waals surface area contributed by atoms with Gasteiger partial charge in [-0.1, -0.05) is 78.4 Å². The van der Waals surface area contributed by atoms with Gasteiger partial charge in [0, 0.05) is 10.0 Å². The van der Waals surface area contributed by atoms with Gasteiger partial charge in [0.1, 0.15) is 0 Å². The number of aryl methyl sites for hydroxylation is 1. The fourth-order valence-electron chi connectivity index (χ4n) is 3.10. The van der Waals surface area contributed by atoms with Gasteiger partial charge < -0.3 is 0 Å². The van der Waals surface area contributed by atoms with Crippen LogP contribution in [0, 0.1) is 6.92 Å². The summed E-state index contributed by atoms with van der Waals surface area (Å²) in [6.07, 6.45) is 0. The van der Waals surface area contributed by atoms with E-state index in [0.717, 1.165) is 0 Å². The van der Waals surface area contributed by atoms with E-state index in [1.165, 1.54) is 42.7 Å². The van der Waals surface area contributed by atoms with Crippen molar-refractivity contribution in [2.24, 2.45) is 0 Å². The second kappa shape index (κ2) is 5.26. The smallest absolute Gasteiger partial charge is 0.0338 e. The number of halogens is 1. The van der Waals surface area contributed by atoms with Gasteiger partial charge in [-0.15, -0.1) is 0 Å². The second-order valence-electron chi connectivity index (χ2n) is 5.65. The maximum Gasteiger partial charge on any atom is 0.0338 e. The zero-order valence-electron chi connectivity index (χ0n) is 12.3. The Morgan fingerprint density at radius 2 is 1.09 bits per heavy atom. The lowest BCUT2D eigenvalue weighted by Crippen LogP contribution is -1.87. The Hall–Kier alpha value is -2.12. The minimum atomic E-state index is 1.17. The molecule has 0 N–H and O–H groups in total. The van der Waals surface area contributed by atoms with Gasteiger partial charge in [-0.2, -0.15) is 0 Å². The Labute approximate surface area is 138 Å². The summed E-state index contributed by atoms with van der Waals surface area (Å²) in [6.45, 7) is 2.12. The van der Waals surface area contributed by atoms with E-state index in [2.05, 4.69) is 95.7 Å². The summed E-state index contributed by atoms with van der Waals surface area (Å²) in [7, 11) is 0. The Kier molecular flexibility index (Phi) is 3.24. The molecule has 0 fully saturated rings. The zero-order chi connectivity index (χ0) is 15.1. The topological polar surface area (TPSA) is 0 Å². The molecular formula is C21H15Br. The minimum absolute atomic E-state index is 1.17. The molecule has 0 bridgehead atoms. The highest BCUT2D eigenvalue weighted by Gasteiger charge is 2.13. The third-order valence-corrected chi connectivity index (χ3v) is 5.03. The van der Waals surface area contributed by atoms with E-state index >= 15 is 0 Å². The molecule has 0 nitrogen and oxygen atoms in total. The lowest BCUT2D eigenvalue weighted by molar-refractivity contribution is 1.47. The van der Waals surface area contributed by atoms with Crippen molar-refractivity contribution in [2.75, 3.05) is 0 Å². The quantitative estimate of drug-likeness (QED) is 0.335. The van der Waals surface area contributed by atoms with E-state index in [0.29, 0.717) is 0 Å². The molecule has 1 heteroatoms. The molecule has 0 saturated heterocycles. The van der Waals surface area contributed by atoms with Crippen molar-refractivity contribution in [3.8, 4) is 11.1 Å². The molecule has 4 rings (SSSR count). The maximum atomic E-state index is 3.86. The Balaban J connectivity index is 2.20. The van der Waals surface area contributed by atoms with Crippen molar-refractivity contribution in [1.29, 1.82) is 0 Å². The molecule has 4 aromatic rings. The summed E-state index contributed by atoms with van der Waals surface area (Å²) in [5.74, 6) is 0. The lowest BCUT2D eigenvalue weighted by Gasteiger charge is -2.14. The zero-order valence-corrected chi connectivity index (χ0v) is 13.9. The average Bonchev–Trinajstić information content (AvgIpc) is 2.57. The third kappa shape index (κ3) is 2.05. The molecule has 22 heavy (non-hydrogen) atoms. The summed E-state index contributed by atoms with van der Waals surface area (Å²) >= 11 is 3.86. The average molecular weight is 347 g/mol. The van der Waals surface area contributed by atoms with Crippen molar-refractivity contribution >= 4 is 37.5 Å². The Bertz CT molecular complexity index is 982. The van der Waals surface area contributed by atoms with Gasteiger partial charge in [0.25, 0.3) is 0 Å². The molecular weight excluding hydrogens is 332 g/mol. The van der Waals surface area contributed by atoms with Crippen molar-refractivity contribution < 1.29 is 0 Å². The van der Waals surface area contributed by atoms with Gasteiger partial charge in [-0.3, -0.25) is 0 Å². The molecule has 0 heterocycles. The van der Waals surface area contributed by atoms with Crippen LogP contribution in [0.5, 0.6) is 0 Å². The SMILES string of the molecule is Cc1ccc(-c2c(Br)c3ccccc3c3ccccc23)cc1. The molecule has 0 saturated carbocycles. The molecule has 0 aromatic heterocycles. The van der Waals surface area contributed by atoms with E-state index in [-0.39, 0.29) is 0 Å². The molecule has 106 valence electrons. The first-order valence-corrected chi connectivity index (χ1v) is 8.21. The summed E-state index contributed by atoms with van der Waals surface area (Å²) in [6, 6.07) is 26.0. The fraction of sp³-hybridized carbons (Fsp3) is 0.0476. The van der Waals surface area contributed by atoms with E-state index in [9.17, 15) is 0 Å². The maximum absolute atomic E-state index is 3.86. The van der Waals surface area contributed by atoms with Crippen LogP contribution in [0.2, 0.25) is 0 Å². The number of rotatable bonds is 1. The van der Waals surface area contributed by atoms with Crippen LogP contribution in [0.15, 0.2) is 77.3 Å². The number of benzene rings is 4. The highest BCUT2D eigenvalue weighted by Crippen LogP contribution is 2.41. The minimum Gasteiger partial charge on any atom is -0.0616 e. The molecule has 0 aliphatic carbocycles. The highest BCUT2D eigenvalue weighted by molar-refractivity contribution is 9.10. The van der Waals surface area contributed by atoms with Gasteiger partial charge >= 0.3 is 0 Å². The van der Waals surface area contributed by atoms with Crippen molar-refractivity contribution in [3.63, 3.8) is 0 Å². The fourth-order valence-corrected chi connectivity index (χ4v) is 3.89. The monoisotopic (exact) mass is 346 g/mol. The van der Waals surface area contributed by atoms with Crippen LogP contribution in [0.4, 0.5) is 0 Å². The van der Waals surface area contributed by atoms with Gasteiger partial charge in [0.05, 0.1) is 0 Å². The van der Waals surface area contributed by atoms with Crippen molar-refractivity contribution in [3.05, 3.63) is 82.8 Å². The van der Waals surface area contributed by atoms with Crippen LogP contribution in [0.3, 0.4) is 0 Å². The third-order valence-electron chi connectivity index (χ3n) is 4.21. The largest absolute Gasteiger partial charge is 0.0616 e. The molecule has 0 radical (unpaired) electrons. The Morgan fingerprint density at radius 1 is 0.591 bits per heavy atom. The predicted molar refractivity (Wildman–Crippen MR) is 99.3 cm³/mol. The summed E-state index contributed by atoms with van der Waals surface area (Å²) in [5.41, 5.74) is 3.80. The molecule has 0 unspecified atom stereocenters. The molecule has 0 atom stereocenters. The summed E-state index contributed by atoms with van der Waals surface area (Å²) < 4.78 is 1.17. The van der Waals surface area contributed by atoms with Gasteiger partial charge in [-0.25, -0.2) is 0 Å². The normalized spacial score (nSPS) is 11.2. The lowest BCUT2D eigenvalue weighted by atomic mass is 9.93. The first kappa shape index (κ1) is 13.5. The van der Waals surface area contributed by atoms with Crippen LogP contribution in [-0.4, -0.2) is 0 Å². The Morgan fingerprint density at radius 3 is 1.73 bits per heavy atom. The molecule has 4 aromatic carbocycles. The van der Waals surface area contributed by atoms with Crippen LogP contribution < -0.4 is 0 Å². The molecule has 0 spiro atoms. The van der Waals surface area contributed by atoms with Crippen LogP contribution in [0.25, 0.3) is 32.7 Å². The summed E-state index contributed by atoms with van der Waals surface area (Å²) in [4.78, 5) is 0. The first-order valence-electron chi connectivity index (χ1n) is 7.42. The van der Waals surface area contributed by atoms with Gasteiger partial charge in [0.15, 0.2) is 0 Å². The van der Waals surface area contributed by atoms with Gasteiger partial charge in [0.2, 0.25) is 0 Å². The second-order valence-corrected chi connectivity index (χ2v) is 6.44. The van der Waals surface area contributed by atoms with E-state index in [4.69, 9.17) is 0 Å². The van der Waals surface area contributed by atoms with E-state index in [1.807, 2.05) is 0 Å². The molecule has 0 amide bonds. The van der Waals surface area contributed by atoms with Crippen LogP contribution in [0.1, 0.15) is 5.56 Å². The molecule has 0 aliphatic heterocycles. The van der Waals surface area contributed by atoms with Crippen LogP contribution >= 0.6 is 15.9 Å². The number of hydrogen-bond acceptors (Lipinski definition) is 0. The highest BCUT2D eigenvalue weighted by atomic mass is 79.9. The predicted octanol–water partition coefficient (Wildman–Crippen LogP) is 6.73. The standard InChI is InChI=1S/C21H15Br/c1-14-10-12-15(13-11-14)20-18-8-4-2-6-16(18)17-7-3-5-9-19(17)21(20)22/h2-13H,1H3.